The fraction of sp³-hybridized carbons (Fsp3) is 0.269. The topological polar surface area (TPSA) is 93.8 Å². The third-order valence-electron chi connectivity index (χ3n) is 5.73. The van der Waals surface area contributed by atoms with Crippen LogP contribution >= 0.6 is 22.7 Å². The van der Waals surface area contributed by atoms with Gasteiger partial charge in [0, 0.05) is 16.6 Å². The first-order valence-corrected chi connectivity index (χ1v) is 13.1. The number of hydrogen-bond acceptors (Lipinski definition) is 8. The molecule has 35 heavy (non-hydrogen) atoms. The van der Waals surface area contributed by atoms with Gasteiger partial charge in [0.1, 0.15) is 11.4 Å². The van der Waals surface area contributed by atoms with E-state index < -0.39 is 0 Å². The second-order valence-electron chi connectivity index (χ2n) is 8.90. The molecular weight excluding hydrogens is 478 g/mol. The van der Waals surface area contributed by atoms with E-state index in [1.54, 1.807) is 22.7 Å². The number of carbonyl (C=O) groups excluding carboxylic acids is 1. The van der Waals surface area contributed by atoms with Crippen LogP contribution in [-0.4, -0.2) is 31.6 Å². The summed E-state index contributed by atoms with van der Waals surface area (Å²) in [5.74, 6) is 0.647. The summed E-state index contributed by atoms with van der Waals surface area (Å²) in [5.41, 5.74) is 2.82. The minimum absolute atomic E-state index is 0.0704. The van der Waals surface area contributed by atoms with E-state index in [4.69, 9.17) is 9.40 Å². The summed E-state index contributed by atoms with van der Waals surface area (Å²) in [6.07, 6.45) is 3.16. The number of aromatic nitrogens is 4. The Kier molecular flexibility index (Phi) is 6.44. The highest BCUT2D eigenvalue weighted by Gasteiger charge is 2.20. The zero-order valence-corrected chi connectivity index (χ0v) is 21.4. The maximum Gasteiger partial charge on any atom is 0.229 e. The number of thiophene rings is 1. The molecule has 0 spiro atoms. The van der Waals surface area contributed by atoms with Gasteiger partial charge in [0.2, 0.25) is 17.7 Å². The van der Waals surface area contributed by atoms with E-state index in [1.165, 1.54) is 4.88 Å². The summed E-state index contributed by atoms with van der Waals surface area (Å²) < 4.78 is 6.82. The Morgan fingerprint density at radius 1 is 1.03 bits per heavy atom. The zero-order chi connectivity index (χ0) is 24.4. The molecule has 0 atom stereocenters. The van der Waals surface area contributed by atoms with Crippen LogP contribution in [0.25, 0.3) is 31.2 Å². The molecule has 178 valence electrons. The molecule has 0 aliphatic heterocycles. The Bertz CT molecular complexity index is 1470. The predicted octanol–water partition coefficient (Wildman–Crippen LogP) is 5.91. The molecule has 0 aliphatic carbocycles. The van der Waals surface area contributed by atoms with Crippen molar-refractivity contribution in [1.82, 2.24) is 25.5 Å². The second-order valence-corrected chi connectivity index (χ2v) is 11.1. The molecule has 0 saturated heterocycles. The fourth-order valence-electron chi connectivity index (χ4n) is 3.55. The van der Waals surface area contributed by atoms with Crippen molar-refractivity contribution < 1.29 is 9.21 Å². The Balaban J connectivity index is 1.28. The molecule has 0 unspecified atom stereocenters. The van der Waals surface area contributed by atoms with Crippen LogP contribution in [0.1, 0.15) is 44.0 Å². The molecule has 0 bridgehead atoms. The van der Waals surface area contributed by atoms with Gasteiger partial charge in [0.25, 0.3) is 0 Å². The van der Waals surface area contributed by atoms with E-state index in [-0.39, 0.29) is 17.9 Å². The Labute approximate surface area is 211 Å². The third-order valence-corrected chi connectivity index (χ3v) is 7.90. The number of nitrogens with one attached hydrogen (secondary N) is 1. The van der Waals surface area contributed by atoms with Crippen molar-refractivity contribution in [3.63, 3.8) is 0 Å². The number of fused-ring (bicyclic) bond motifs is 1. The van der Waals surface area contributed by atoms with Crippen molar-refractivity contribution in [2.75, 3.05) is 0 Å². The lowest BCUT2D eigenvalue weighted by molar-refractivity contribution is -0.122. The molecule has 0 aliphatic rings. The van der Waals surface area contributed by atoms with Crippen LogP contribution in [0.5, 0.6) is 0 Å². The van der Waals surface area contributed by atoms with Crippen molar-refractivity contribution in [1.29, 1.82) is 0 Å². The SMILES string of the molecule is CCC(C)(C)NC(=O)Cc1nnc(Cc2nc3ccc(-c4ccc(-c5ccccn5)s4)cc3s2)o1. The summed E-state index contributed by atoms with van der Waals surface area (Å²) in [4.78, 5) is 23.8. The highest BCUT2D eigenvalue weighted by molar-refractivity contribution is 7.19. The van der Waals surface area contributed by atoms with Gasteiger partial charge in [-0.25, -0.2) is 4.98 Å². The average Bonchev–Trinajstić information content (AvgIpc) is 3.58. The number of carbonyl (C=O) groups is 1. The fourth-order valence-corrected chi connectivity index (χ4v) is 5.53. The number of amides is 1. The van der Waals surface area contributed by atoms with Crippen LogP contribution in [0.3, 0.4) is 0 Å². The minimum Gasteiger partial charge on any atom is -0.424 e. The van der Waals surface area contributed by atoms with E-state index in [1.807, 2.05) is 51.2 Å². The van der Waals surface area contributed by atoms with Gasteiger partial charge in [-0.15, -0.1) is 32.9 Å². The largest absolute Gasteiger partial charge is 0.424 e. The molecule has 1 aromatic carbocycles. The van der Waals surface area contributed by atoms with E-state index in [0.29, 0.717) is 18.2 Å². The molecule has 1 amide bonds. The first-order chi connectivity index (χ1) is 16.9. The first kappa shape index (κ1) is 23.3. The highest BCUT2D eigenvalue weighted by Crippen LogP contribution is 2.36. The molecule has 9 heteroatoms. The summed E-state index contributed by atoms with van der Waals surface area (Å²) in [6, 6.07) is 16.5. The lowest BCUT2D eigenvalue weighted by atomic mass is 10.0. The zero-order valence-electron chi connectivity index (χ0n) is 19.7. The molecule has 0 radical (unpaired) electrons. The van der Waals surface area contributed by atoms with Crippen molar-refractivity contribution in [3.05, 3.63) is 71.5 Å². The van der Waals surface area contributed by atoms with Crippen LogP contribution in [-0.2, 0) is 17.6 Å². The van der Waals surface area contributed by atoms with Crippen LogP contribution < -0.4 is 5.32 Å². The van der Waals surface area contributed by atoms with Gasteiger partial charge in [-0.3, -0.25) is 9.78 Å². The molecule has 5 rings (SSSR count). The van der Waals surface area contributed by atoms with Gasteiger partial charge >= 0.3 is 0 Å². The third kappa shape index (κ3) is 5.47. The van der Waals surface area contributed by atoms with Gasteiger partial charge in [-0.1, -0.05) is 19.1 Å². The maximum absolute atomic E-state index is 12.3. The molecule has 0 fully saturated rings. The number of pyridine rings is 1. The number of hydrogen-bond donors (Lipinski definition) is 1. The van der Waals surface area contributed by atoms with E-state index >= 15 is 0 Å². The Morgan fingerprint density at radius 3 is 2.66 bits per heavy atom. The standard InChI is InChI=1S/C26H25N5O2S2/c1-4-26(2,3)29-22(32)14-23-30-31-24(33-23)15-25-28-18-9-8-16(13-21(18)35-25)19-10-11-20(34-19)17-7-5-6-12-27-17/h5-13H,4,14-15H2,1-3H3,(H,29,32). The van der Waals surface area contributed by atoms with E-state index in [9.17, 15) is 4.79 Å². The monoisotopic (exact) mass is 503 g/mol. The normalized spacial score (nSPS) is 11.7. The lowest BCUT2D eigenvalue weighted by Crippen LogP contribution is -2.43. The van der Waals surface area contributed by atoms with Gasteiger partial charge in [-0.05, 0) is 62.2 Å². The van der Waals surface area contributed by atoms with Crippen molar-refractivity contribution in [2.24, 2.45) is 0 Å². The van der Waals surface area contributed by atoms with Gasteiger partial charge in [-0.2, -0.15) is 0 Å². The summed E-state index contributed by atoms with van der Waals surface area (Å²) in [6.45, 7) is 6.01. The maximum atomic E-state index is 12.3. The van der Waals surface area contributed by atoms with Gasteiger partial charge in [0.15, 0.2) is 0 Å². The predicted molar refractivity (Wildman–Crippen MR) is 139 cm³/mol. The number of benzene rings is 1. The van der Waals surface area contributed by atoms with Crippen LogP contribution in [0, 0.1) is 0 Å². The molecule has 7 nitrogen and oxygen atoms in total. The van der Waals surface area contributed by atoms with Gasteiger partial charge in [0.05, 0.1) is 27.2 Å². The highest BCUT2D eigenvalue weighted by atomic mass is 32.1. The van der Waals surface area contributed by atoms with Crippen molar-refractivity contribution in [2.45, 2.75) is 45.6 Å². The van der Waals surface area contributed by atoms with Gasteiger partial charge < -0.3 is 9.73 Å². The summed E-state index contributed by atoms with van der Waals surface area (Å²) in [5, 5.41) is 12.0. The average molecular weight is 504 g/mol. The number of thiazole rings is 1. The van der Waals surface area contributed by atoms with Crippen LogP contribution in [0.15, 0.2) is 59.1 Å². The molecule has 4 aromatic heterocycles. The van der Waals surface area contributed by atoms with E-state index in [2.05, 4.69) is 44.8 Å². The van der Waals surface area contributed by atoms with Crippen molar-refractivity contribution in [3.8, 4) is 21.0 Å². The lowest BCUT2D eigenvalue weighted by Gasteiger charge is -2.23. The molecule has 1 N–H and O–H groups in total. The first-order valence-electron chi connectivity index (χ1n) is 11.4. The summed E-state index contributed by atoms with van der Waals surface area (Å²) >= 11 is 3.34. The van der Waals surface area contributed by atoms with Crippen LogP contribution in [0.4, 0.5) is 0 Å². The van der Waals surface area contributed by atoms with Crippen LogP contribution in [0.2, 0.25) is 0 Å². The number of rotatable bonds is 8. The number of nitrogens with zero attached hydrogens (tertiary/aromatic N) is 4. The Hall–Kier alpha value is -3.43. The molecule has 0 saturated carbocycles. The molecule has 5 aromatic rings. The van der Waals surface area contributed by atoms with Crippen molar-refractivity contribution >= 4 is 38.8 Å². The summed E-state index contributed by atoms with van der Waals surface area (Å²) in [7, 11) is 0. The quantitative estimate of drug-likeness (QED) is 0.283. The van der Waals surface area contributed by atoms with E-state index in [0.717, 1.165) is 37.8 Å². The second kappa shape index (κ2) is 9.67. The smallest absolute Gasteiger partial charge is 0.229 e. The molecule has 4 heterocycles. The molecular formula is C26H25N5O2S2. The Morgan fingerprint density at radius 2 is 1.86 bits per heavy atom. The minimum atomic E-state index is -0.261.